The zero-order valence-electron chi connectivity index (χ0n) is 10.8. The normalized spacial score (nSPS) is 11.3. The predicted molar refractivity (Wildman–Crippen MR) is 70.7 cm³/mol. The summed E-state index contributed by atoms with van der Waals surface area (Å²) >= 11 is 0. The summed E-state index contributed by atoms with van der Waals surface area (Å²) in [5.41, 5.74) is 2.06. The Labute approximate surface area is 107 Å². The van der Waals surface area contributed by atoms with E-state index in [9.17, 15) is 4.79 Å². The van der Waals surface area contributed by atoms with E-state index in [1.165, 1.54) is 0 Å². The fourth-order valence-corrected chi connectivity index (χ4v) is 1.92. The Balaban J connectivity index is 2.53. The maximum absolute atomic E-state index is 10.9. The molecule has 92 valence electrons. The maximum Gasteiger partial charge on any atom is 0.168 e. The highest BCUT2D eigenvalue weighted by molar-refractivity contribution is 5.71. The molecule has 0 radical (unpaired) electrons. The average Bonchev–Trinajstić information content (AvgIpc) is 2.39. The Morgan fingerprint density at radius 2 is 1.78 bits per heavy atom. The van der Waals surface area contributed by atoms with E-state index in [0.29, 0.717) is 11.5 Å². The summed E-state index contributed by atoms with van der Waals surface area (Å²) in [6.07, 6.45) is 0.763. The zero-order valence-corrected chi connectivity index (χ0v) is 10.8. The van der Waals surface area contributed by atoms with Crippen molar-refractivity contribution < 1.29 is 4.79 Å². The van der Waals surface area contributed by atoms with Gasteiger partial charge in [0.2, 0.25) is 0 Å². The van der Waals surface area contributed by atoms with Gasteiger partial charge in [0, 0.05) is 11.1 Å². The Hall–Kier alpha value is -2.03. The van der Waals surface area contributed by atoms with Gasteiger partial charge in [-0.25, -0.2) is 9.97 Å². The van der Waals surface area contributed by atoms with E-state index >= 15 is 0 Å². The Morgan fingerprint density at radius 1 is 1.11 bits per heavy atom. The molecule has 0 saturated heterocycles. The number of benzene rings is 1. The van der Waals surface area contributed by atoms with E-state index in [1.54, 1.807) is 6.07 Å². The molecule has 1 aromatic carbocycles. The molecular formula is C15H16N2O. The van der Waals surface area contributed by atoms with Crippen molar-refractivity contribution in [1.82, 2.24) is 9.97 Å². The van der Waals surface area contributed by atoms with Gasteiger partial charge in [0.25, 0.3) is 0 Å². The molecule has 0 saturated carbocycles. The Kier molecular flexibility index (Phi) is 3.24. The molecule has 0 amide bonds. The second-order valence-electron chi connectivity index (χ2n) is 4.87. The van der Waals surface area contributed by atoms with Gasteiger partial charge in [-0.1, -0.05) is 30.3 Å². The number of aryl methyl sites for hydroxylation is 1. The smallest absolute Gasteiger partial charge is 0.168 e. The van der Waals surface area contributed by atoms with E-state index < -0.39 is 0 Å². The summed E-state index contributed by atoms with van der Waals surface area (Å²) in [6, 6.07) is 11.8. The van der Waals surface area contributed by atoms with E-state index in [1.807, 2.05) is 37.3 Å². The van der Waals surface area contributed by atoms with Crippen LogP contribution in [0, 0.1) is 6.92 Å². The first kappa shape index (κ1) is 12.4. The van der Waals surface area contributed by atoms with E-state index in [2.05, 4.69) is 23.8 Å². The van der Waals surface area contributed by atoms with Gasteiger partial charge in [0.05, 0.1) is 0 Å². The van der Waals surface area contributed by atoms with Crippen molar-refractivity contribution in [2.45, 2.75) is 26.2 Å². The van der Waals surface area contributed by atoms with Gasteiger partial charge >= 0.3 is 0 Å². The van der Waals surface area contributed by atoms with Crippen molar-refractivity contribution in [2.75, 3.05) is 0 Å². The summed E-state index contributed by atoms with van der Waals surface area (Å²) in [5.74, 6) is 0.677. The SMILES string of the molecule is Cc1cc(C=O)nc(C(C)(C)c2ccccc2)n1. The van der Waals surface area contributed by atoms with Gasteiger partial charge in [0.15, 0.2) is 6.29 Å². The quantitative estimate of drug-likeness (QED) is 0.775. The van der Waals surface area contributed by atoms with Crippen LogP contribution in [0.2, 0.25) is 0 Å². The number of hydrogen-bond donors (Lipinski definition) is 0. The standard InChI is InChI=1S/C15H16N2O/c1-11-9-13(10-18)17-14(16-11)15(2,3)12-7-5-4-6-8-12/h4-10H,1-3H3. The number of hydrogen-bond acceptors (Lipinski definition) is 3. The lowest BCUT2D eigenvalue weighted by atomic mass is 9.83. The molecule has 18 heavy (non-hydrogen) atoms. The Bertz CT molecular complexity index is 562. The van der Waals surface area contributed by atoms with Gasteiger partial charge in [0.1, 0.15) is 11.5 Å². The van der Waals surface area contributed by atoms with Gasteiger partial charge < -0.3 is 0 Å². The third kappa shape index (κ3) is 2.30. The molecule has 1 aromatic heterocycles. The van der Waals surface area contributed by atoms with E-state index in [4.69, 9.17) is 0 Å². The molecule has 0 N–H and O–H groups in total. The lowest BCUT2D eigenvalue weighted by Crippen LogP contribution is -2.23. The number of nitrogens with zero attached hydrogens (tertiary/aromatic N) is 2. The average molecular weight is 240 g/mol. The molecule has 2 rings (SSSR count). The molecule has 0 aliphatic rings. The first-order valence-electron chi connectivity index (χ1n) is 5.91. The lowest BCUT2D eigenvalue weighted by molar-refractivity contribution is 0.111. The highest BCUT2D eigenvalue weighted by Gasteiger charge is 2.26. The van der Waals surface area contributed by atoms with Gasteiger partial charge in [-0.3, -0.25) is 4.79 Å². The van der Waals surface area contributed by atoms with Crippen molar-refractivity contribution >= 4 is 6.29 Å². The fourth-order valence-electron chi connectivity index (χ4n) is 1.92. The summed E-state index contributed by atoms with van der Waals surface area (Å²) in [5, 5.41) is 0. The first-order valence-corrected chi connectivity index (χ1v) is 5.91. The van der Waals surface area contributed by atoms with Gasteiger partial charge in [-0.15, -0.1) is 0 Å². The van der Waals surface area contributed by atoms with Crippen molar-refractivity contribution in [3.05, 3.63) is 59.2 Å². The van der Waals surface area contributed by atoms with Crippen molar-refractivity contribution in [3.8, 4) is 0 Å². The van der Waals surface area contributed by atoms with Crippen molar-refractivity contribution in [3.63, 3.8) is 0 Å². The molecule has 0 atom stereocenters. The summed E-state index contributed by atoms with van der Waals surface area (Å²) in [7, 11) is 0. The number of aldehydes is 1. The van der Waals surface area contributed by atoms with Crippen molar-refractivity contribution in [2.24, 2.45) is 0 Å². The zero-order chi connectivity index (χ0) is 13.2. The molecule has 3 heteroatoms. The molecule has 0 fully saturated rings. The monoisotopic (exact) mass is 240 g/mol. The molecule has 0 aliphatic carbocycles. The number of aromatic nitrogens is 2. The Morgan fingerprint density at radius 3 is 2.39 bits per heavy atom. The van der Waals surface area contributed by atoms with Gasteiger partial charge in [-0.05, 0) is 32.4 Å². The topological polar surface area (TPSA) is 42.9 Å². The van der Waals surface area contributed by atoms with Crippen LogP contribution in [-0.4, -0.2) is 16.3 Å². The minimum atomic E-state index is -0.314. The lowest BCUT2D eigenvalue weighted by Gasteiger charge is -2.24. The van der Waals surface area contributed by atoms with Crippen LogP contribution in [0.25, 0.3) is 0 Å². The second kappa shape index (κ2) is 4.69. The summed E-state index contributed by atoms with van der Waals surface area (Å²) < 4.78 is 0. The number of carbonyl (C=O) groups excluding carboxylic acids is 1. The maximum atomic E-state index is 10.9. The minimum Gasteiger partial charge on any atom is -0.296 e. The predicted octanol–water partition coefficient (Wildman–Crippen LogP) is 2.92. The van der Waals surface area contributed by atoms with Crippen LogP contribution in [0.5, 0.6) is 0 Å². The largest absolute Gasteiger partial charge is 0.296 e. The molecule has 3 nitrogen and oxygen atoms in total. The van der Waals surface area contributed by atoms with Crippen LogP contribution in [0.4, 0.5) is 0 Å². The molecular weight excluding hydrogens is 224 g/mol. The molecule has 2 aromatic rings. The molecule has 0 unspecified atom stereocenters. The van der Waals surface area contributed by atoms with Crippen LogP contribution in [0.15, 0.2) is 36.4 Å². The van der Waals surface area contributed by atoms with E-state index in [-0.39, 0.29) is 5.41 Å². The molecule has 0 spiro atoms. The second-order valence-corrected chi connectivity index (χ2v) is 4.87. The number of rotatable bonds is 3. The third-order valence-corrected chi connectivity index (χ3v) is 3.05. The summed E-state index contributed by atoms with van der Waals surface area (Å²) in [6.45, 7) is 6.00. The fraction of sp³-hybridized carbons (Fsp3) is 0.267. The first-order chi connectivity index (χ1) is 8.54. The molecule has 1 heterocycles. The number of carbonyl (C=O) groups is 1. The van der Waals surface area contributed by atoms with Crippen LogP contribution in [0.1, 0.15) is 41.4 Å². The van der Waals surface area contributed by atoms with Crippen molar-refractivity contribution in [1.29, 1.82) is 0 Å². The summed E-state index contributed by atoms with van der Waals surface area (Å²) in [4.78, 5) is 19.7. The highest BCUT2D eigenvalue weighted by atomic mass is 16.1. The van der Waals surface area contributed by atoms with E-state index in [0.717, 1.165) is 17.5 Å². The minimum absolute atomic E-state index is 0.314. The van der Waals surface area contributed by atoms with Crippen LogP contribution in [0.3, 0.4) is 0 Å². The van der Waals surface area contributed by atoms with Crippen LogP contribution >= 0.6 is 0 Å². The van der Waals surface area contributed by atoms with Gasteiger partial charge in [-0.2, -0.15) is 0 Å². The molecule has 0 aliphatic heterocycles. The van der Waals surface area contributed by atoms with Crippen LogP contribution < -0.4 is 0 Å². The van der Waals surface area contributed by atoms with Crippen LogP contribution in [-0.2, 0) is 5.41 Å². The third-order valence-electron chi connectivity index (χ3n) is 3.05. The highest BCUT2D eigenvalue weighted by Crippen LogP contribution is 2.28. The molecule has 0 bridgehead atoms.